The number of aromatic nitrogens is 1. The van der Waals surface area contributed by atoms with Gasteiger partial charge in [-0.2, -0.15) is 0 Å². The zero-order chi connectivity index (χ0) is 13.7. The average Bonchev–Trinajstić information content (AvgIpc) is 2.26. The van der Waals surface area contributed by atoms with E-state index in [1.807, 2.05) is 13.8 Å². The number of pyridine rings is 1. The fourth-order valence-corrected chi connectivity index (χ4v) is 1.98. The molecule has 6 nitrogen and oxygen atoms in total. The molecular formula is C11H16BrN3O3. The predicted octanol–water partition coefficient (Wildman–Crippen LogP) is 2.57. The maximum absolute atomic E-state index is 10.5. The predicted molar refractivity (Wildman–Crippen MR) is 72.5 cm³/mol. The molecule has 1 atom stereocenters. The van der Waals surface area contributed by atoms with Crippen LogP contribution in [0.5, 0.6) is 0 Å². The number of rotatable bonds is 6. The molecule has 0 saturated carbocycles. The summed E-state index contributed by atoms with van der Waals surface area (Å²) in [5.74, 6) is 0.901. The number of hydrogen-bond donors (Lipinski definition) is 2. The summed E-state index contributed by atoms with van der Waals surface area (Å²) in [5.41, 5.74) is -0.0739. The summed E-state index contributed by atoms with van der Waals surface area (Å²) in [6, 6.07) is 1.38. The lowest BCUT2D eigenvalue weighted by atomic mass is 10.1. The molecule has 1 rings (SSSR count). The van der Waals surface area contributed by atoms with Gasteiger partial charge in [-0.25, -0.2) is 4.98 Å². The molecule has 0 bridgehead atoms. The maximum Gasteiger partial charge on any atom is 0.288 e. The molecule has 0 amide bonds. The molecule has 0 fully saturated rings. The first-order valence-corrected chi connectivity index (χ1v) is 6.41. The van der Waals surface area contributed by atoms with E-state index in [0.29, 0.717) is 29.2 Å². The average molecular weight is 318 g/mol. The molecule has 0 aliphatic rings. The Morgan fingerprint density at radius 3 is 2.78 bits per heavy atom. The third kappa shape index (κ3) is 4.58. The minimum Gasteiger partial charge on any atom is -0.391 e. The number of nitrogens with zero attached hydrogens (tertiary/aromatic N) is 2. The van der Waals surface area contributed by atoms with Crippen molar-refractivity contribution in [3.63, 3.8) is 0 Å². The van der Waals surface area contributed by atoms with Crippen molar-refractivity contribution < 1.29 is 10.0 Å². The van der Waals surface area contributed by atoms with Gasteiger partial charge in [-0.1, -0.05) is 13.8 Å². The van der Waals surface area contributed by atoms with Crippen LogP contribution < -0.4 is 5.32 Å². The van der Waals surface area contributed by atoms with Gasteiger partial charge in [0.05, 0.1) is 15.5 Å². The number of aliphatic hydroxyl groups excluding tert-OH is 1. The number of aliphatic hydroxyl groups is 1. The summed E-state index contributed by atoms with van der Waals surface area (Å²) < 4.78 is 0.508. The van der Waals surface area contributed by atoms with Gasteiger partial charge in [0, 0.05) is 12.6 Å². The summed E-state index contributed by atoms with van der Waals surface area (Å²) in [6.45, 7) is 4.42. The number of nitrogens with one attached hydrogen (secondary N) is 1. The minimum absolute atomic E-state index is 0.0739. The normalized spacial score (nSPS) is 12.5. The quantitative estimate of drug-likeness (QED) is 0.622. The van der Waals surface area contributed by atoms with E-state index in [-0.39, 0.29) is 5.69 Å². The van der Waals surface area contributed by atoms with E-state index in [1.54, 1.807) is 0 Å². The molecule has 2 N–H and O–H groups in total. The second-order valence-corrected chi connectivity index (χ2v) is 5.30. The minimum atomic E-state index is -0.505. The van der Waals surface area contributed by atoms with Gasteiger partial charge in [-0.3, -0.25) is 10.1 Å². The highest BCUT2D eigenvalue weighted by Crippen LogP contribution is 2.24. The van der Waals surface area contributed by atoms with Gasteiger partial charge in [-0.15, -0.1) is 0 Å². The number of anilines is 1. The number of nitro groups is 1. The van der Waals surface area contributed by atoms with E-state index < -0.39 is 11.0 Å². The Morgan fingerprint density at radius 2 is 2.28 bits per heavy atom. The van der Waals surface area contributed by atoms with Crippen molar-refractivity contribution in [2.45, 2.75) is 26.4 Å². The summed E-state index contributed by atoms with van der Waals surface area (Å²) in [7, 11) is 0. The van der Waals surface area contributed by atoms with Gasteiger partial charge in [0.1, 0.15) is 12.0 Å². The Labute approximate surface area is 114 Å². The van der Waals surface area contributed by atoms with Crippen LogP contribution in [0.1, 0.15) is 20.3 Å². The summed E-state index contributed by atoms with van der Waals surface area (Å²) >= 11 is 3.21. The van der Waals surface area contributed by atoms with Crippen LogP contribution in [0, 0.1) is 16.0 Å². The van der Waals surface area contributed by atoms with Crippen molar-refractivity contribution in [1.29, 1.82) is 0 Å². The van der Waals surface area contributed by atoms with E-state index in [4.69, 9.17) is 0 Å². The van der Waals surface area contributed by atoms with Crippen LogP contribution in [0.15, 0.2) is 16.7 Å². The first-order valence-electron chi connectivity index (χ1n) is 5.62. The molecule has 0 saturated heterocycles. The Morgan fingerprint density at radius 1 is 1.61 bits per heavy atom. The van der Waals surface area contributed by atoms with Gasteiger partial charge in [0.25, 0.3) is 5.69 Å². The molecule has 1 unspecified atom stereocenters. The van der Waals surface area contributed by atoms with E-state index in [1.165, 1.54) is 12.3 Å². The monoisotopic (exact) mass is 317 g/mol. The third-order valence-corrected chi connectivity index (χ3v) is 2.89. The molecule has 7 heteroatoms. The van der Waals surface area contributed by atoms with Crippen molar-refractivity contribution in [2.24, 2.45) is 5.92 Å². The fourth-order valence-electron chi connectivity index (χ4n) is 1.50. The summed E-state index contributed by atoms with van der Waals surface area (Å²) in [5, 5.41) is 23.2. The van der Waals surface area contributed by atoms with Crippen LogP contribution in [0.2, 0.25) is 0 Å². The van der Waals surface area contributed by atoms with E-state index in [0.717, 1.165) is 0 Å². The fraction of sp³-hybridized carbons (Fsp3) is 0.545. The second-order valence-electron chi connectivity index (χ2n) is 4.45. The molecule has 0 radical (unpaired) electrons. The van der Waals surface area contributed by atoms with Gasteiger partial charge in [0.15, 0.2) is 0 Å². The van der Waals surface area contributed by atoms with E-state index >= 15 is 0 Å². The molecule has 0 aromatic carbocycles. The highest BCUT2D eigenvalue weighted by atomic mass is 79.9. The maximum atomic E-state index is 10.5. The van der Waals surface area contributed by atoms with Crippen LogP contribution in [-0.2, 0) is 0 Å². The molecular weight excluding hydrogens is 302 g/mol. The van der Waals surface area contributed by atoms with E-state index in [9.17, 15) is 15.2 Å². The standard InChI is InChI=1S/C11H16BrN3O3/c1-7(2)3-9(16)6-14-11-10(12)4-8(5-13-11)15(17)18/h4-5,7,9,16H,3,6H2,1-2H3,(H,13,14). The van der Waals surface area contributed by atoms with Crippen molar-refractivity contribution >= 4 is 27.4 Å². The van der Waals surface area contributed by atoms with Crippen molar-refractivity contribution in [3.8, 4) is 0 Å². The topological polar surface area (TPSA) is 88.3 Å². The lowest BCUT2D eigenvalue weighted by molar-refractivity contribution is -0.385. The molecule has 0 aliphatic carbocycles. The first kappa shape index (κ1) is 14.8. The molecule has 1 heterocycles. The Bertz CT molecular complexity index is 426. The number of halogens is 1. The SMILES string of the molecule is CC(C)CC(O)CNc1ncc([N+](=O)[O-])cc1Br. The highest BCUT2D eigenvalue weighted by Gasteiger charge is 2.12. The zero-order valence-corrected chi connectivity index (χ0v) is 11.8. The second kappa shape index (κ2) is 6.65. The lowest BCUT2D eigenvalue weighted by Crippen LogP contribution is -2.21. The Hall–Kier alpha value is -1.21. The zero-order valence-electron chi connectivity index (χ0n) is 10.3. The Balaban J connectivity index is 2.60. The van der Waals surface area contributed by atoms with Crippen LogP contribution in [0.4, 0.5) is 11.5 Å². The van der Waals surface area contributed by atoms with Crippen LogP contribution in [0.3, 0.4) is 0 Å². The van der Waals surface area contributed by atoms with Gasteiger partial charge in [0.2, 0.25) is 0 Å². The van der Waals surface area contributed by atoms with Gasteiger partial charge >= 0.3 is 0 Å². The van der Waals surface area contributed by atoms with Crippen LogP contribution in [0.25, 0.3) is 0 Å². The number of hydrogen-bond acceptors (Lipinski definition) is 5. The van der Waals surface area contributed by atoms with Crippen molar-refractivity contribution in [2.75, 3.05) is 11.9 Å². The van der Waals surface area contributed by atoms with E-state index in [2.05, 4.69) is 26.2 Å². The van der Waals surface area contributed by atoms with Crippen molar-refractivity contribution in [3.05, 3.63) is 26.9 Å². The summed E-state index contributed by atoms with van der Waals surface area (Å²) in [4.78, 5) is 14.0. The molecule has 0 aliphatic heterocycles. The smallest absolute Gasteiger partial charge is 0.288 e. The molecule has 0 spiro atoms. The molecule has 18 heavy (non-hydrogen) atoms. The molecule has 1 aromatic rings. The molecule has 1 aromatic heterocycles. The van der Waals surface area contributed by atoms with Gasteiger partial charge in [-0.05, 0) is 28.3 Å². The van der Waals surface area contributed by atoms with Gasteiger partial charge < -0.3 is 10.4 Å². The van der Waals surface area contributed by atoms with Crippen molar-refractivity contribution in [1.82, 2.24) is 4.98 Å². The lowest BCUT2D eigenvalue weighted by Gasteiger charge is -2.14. The summed E-state index contributed by atoms with van der Waals surface area (Å²) in [6.07, 6.45) is 1.41. The Kier molecular flexibility index (Phi) is 5.49. The largest absolute Gasteiger partial charge is 0.391 e. The van der Waals surface area contributed by atoms with Crippen LogP contribution in [-0.4, -0.2) is 27.7 Å². The highest BCUT2D eigenvalue weighted by molar-refractivity contribution is 9.10. The van der Waals surface area contributed by atoms with Crippen LogP contribution >= 0.6 is 15.9 Å². The molecule has 100 valence electrons. The first-order chi connectivity index (χ1) is 8.40. The third-order valence-electron chi connectivity index (χ3n) is 2.29.